The summed E-state index contributed by atoms with van der Waals surface area (Å²) in [5, 5.41) is 3.87. The highest BCUT2D eigenvalue weighted by molar-refractivity contribution is 4.84. The summed E-state index contributed by atoms with van der Waals surface area (Å²) >= 11 is 0. The van der Waals surface area contributed by atoms with E-state index in [1.165, 1.54) is 64.2 Å². The Morgan fingerprint density at radius 2 is 1.89 bits per heavy atom. The Morgan fingerprint density at radius 1 is 1.17 bits per heavy atom. The van der Waals surface area contributed by atoms with Crippen molar-refractivity contribution in [3.05, 3.63) is 0 Å². The minimum Gasteiger partial charge on any atom is -0.311 e. The van der Waals surface area contributed by atoms with Crippen molar-refractivity contribution in [2.75, 3.05) is 0 Å². The average molecular weight is 253 g/mol. The molecular formula is C17H35N. The van der Waals surface area contributed by atoms with Gasteiger partial charge < -0.3 is 5.32 Å². The van der Waals surface area contributed by atoms with Gasteiger partial charge in [0.15, 0.2) is 0 Å². The Labute approximate surface area is 115 Å². The van der Waals surface area contributed by atoms with Crippen LogP contribution in [0, 0.1) is 5.41 Å². The van der Waals surface area contributed by atoms with Gasteiger partial charge in [0.1, 0.15) is 0 Å². The Bertz CT molecular complexity index is 210. The fourth-order valence-corrected chi connectivity index (χ4v) is 3.38. The topological polar surface area (TPSA) is 12.0 Å². The molecule has 1 saturated carbocycles. The molecule has 0 heterocycles. The number of hydrogen-bond donors (Lipinski definition) is 1. The lowest BCUT2D eigenvalue weighted by atomic mass is 9.75. The third kappa shape index (κ3) is 6.78. The maximum atomic E-state index is 3.87. The Morgan fingerprint density at radius 3 is 2.56 bits per heavy atom. The average Bonchev–Trinajstić information content (AvgIpc) is 2.27. The molecule has 108 valence electrons. The van der Waals surface area contributed by atoms with Crippen molar-refractivity contribution < 1.29 is 0 Å². The fraction of sp³-hybridized carbons (Fsp3) is 1.00. The summed E-state index contributed by atoms with van der Waals surface area (Å²) in [6.45, 7) is 9.52. The van der Waals surface area contributed by atoms with E-state index in [4.69, 9.17) is 0 Å². The molecule has 0 aromatic carbocycles. The van der Waals surface area contributed by atoms with Crippen molar-refractivity contribution in [3.63, 3.8) is 0 Å². The van der Waals surface area contributed by atoms with Gasteiger partial charge in [0.25, 0.3) is 0 Å². The van der Waals surface area contributed by atoms with E-state index < -0.39 is 0 Å². The van der Waals surface area contributed by atoms with Crippen molar-refractivity contribution in [1.82, 2.24) is 5.32 Å². The van der Waals surface area contributed by atoms with Crippen LogP contribution in [-0.4, -0.2) is 12.1 Å². The van der Waals surface area contributed by atoms with E-state index >= 15 is 0 Å². The predicted molar refractivity (Wildman–Crippen MR) is 82.0 cm³/mol. The van der Waals surface area contributed by atoms with Crippen molar-refractivity contribution >= 4 is 0 Å². The third-order valence-electron chi connectivity index (χ3n) is 4.47. The second-order valence-electron chi connectivity index (χ2n) is 7.23. The summed E-state index contributed by atoms with van der Waals surface area (Å²) in [5.41, 5.74) is 0.566. The Balaban J connectivity index is 2.10. The van der Waals surface area contributed by atoms with E-state index in [0.29, 0.717) is 11.5 Å². The van der Waals surface area contributed by atoms with E-state index in [1.807, 2.05) is 0 Å². The second-order valence-corrected chi connectivity index (χ2v) is 7.23. The standard InChI is InChI=1S/C17H35N/c1-5-6-7-8-9-11-15(2)18-16-12-10-13-17(3,4)14-16/h15-16,18H,5-14H2,1-4H3. The Hall–Kier alpha value is -0.0400. The molecule has 1 nitrogen and oxygen atoms in total. The zero-order valence-electron chi connectivity index (χ0n) is 13.2. The molecule has 0 aliphatic heterocycles. The molecule has 2 atom stereocenters. The fourth-order valence-electron chi connectivity index (χ4n) is 3.38. The number of hydrogen-bond acceptors (Lipinski definition) is 1. The van der Waals surface area contributed by atoms with Gasteiger partial charge in [0, 0.05) is 12.1 Å². The van der Waals surface area contributed by atoms with Crippen LogP contribution in [0.25, 0.3) is 0 Å². The van der Waals surface area contributed by atoms with E-state index in [2.05, 4.69) is 33.0 Å². The summed E-state index contributed by atoms with van der Waals surface area (Å²) in [4.78, 5) is 0. The molecule has 0 aromatic rings. The van der Waals surface area contributed by atoms with Gasteiger partial charge in [-0.15, -0.1) is 0 Å². The molecule has 0 amide bonds. The van der Waals surface area contributed by atoms with Gasteiger partial charge in [0.05, 0.1) is 0 Å². The monoisotopic (exact) mass is 253 g/mol. The van der Waals surface area contributed by atoms with E-state index in [9.17, 15) is 0 Å². The van der Waals surface area contributed by atoms with Crippen molar-refractivity contribution in [2.45, 2.75) is 104 Å². The number of nitrogens with one attached hydrogen (secondary N) is 1. The maximum absolute atomic E-state index is 3.87. The highest BCUT2D eigenvalue weighted by Gasteiger charge is 2.28. The van der Waals surface area contributed by atoms with Crippen LogP contribution < -0.4 is 5.32 Å². The third-order valence-corrected chi connectivity index (χ3v) is 4.47. The first-order valence-electron chi connectivity index (χ1n) is 8.29. The van der Waals surface area contributed by atoms with Crippen LogP contribution in [0.5, 0.6) is 0 Å². The van der Waals surface area contributed by atoms with Gasteiger partial charge in [-0.1, -0.05) is 59.3 Å². The first-order valence-corrected chi connectivity index (χ1v) is 8.29. The first-order chi connectivity index (χ1) is 8.53. The molecule has 0 bridgehead atoms. The number of unbranched alkanes of at least 4 members (excludes halogenated alkanes) is 4. The highest BCUT2D eigenvalue weighted by Crippen LogP contribution is 2.35. The first kappa shape index (κ1) is 16.0. The quantitative estimate of drug-likeness (QED) is 0.579. The molecule has 1 fully saturated rings. The van der Waals surface area contributed by atoms with Gasteiger partial charge >= 0.3 is 0 Å². The van der Waals surface area contributed by atoms with Crippen LogP contribution in [0.15, 0.2) is 0 Å². The lowest BCUT2D eigenvalue weighted by Crippen LogP contribution is -2.41. The molecule has 1 aliphatic carbocycles. The summed E-state index contributed by atoms with van der Waals surface area (Å²) in [5.74, 6) is 0. The smallest absolute Gasteiger partial charge is 0.00746 e. The Kier molecular flexibility index (Phi) is 7.29. The second kappa shape index (κ2) is 8.19. The van der Waals surface area contributed by atoms with E-state index in [-0.39, 0.29) is 0 Å². The van der Waals surface area contributed by atoms with E-state index in [1.54, 1.807) is 0 Å². The zero-order valence-corrected chi connectivity index (χ0v) is 13.2. The van der Waals surface area contributed by atoms with Crippen LogP contribution in [0.3, 0.4) is 0 Å². The molecule has 1 heteroatoms. The van der Waals surface area contributed by atoms with E-state index in [0.717, 1.165) is 6.04 Å². The largest absolute Gasteiger partial charge is 0.311 e. The lowest BCUT2D eigenvalue weighted by molar-refractivity contribution is 0.189. The molecule has 0 radical (unpaired) electrons. The van der Waals surface area contributed by atoms with Crippen molar-refractivity contribution in [1.29, 1.82) is 0 Å². The molecule has 18 heavy (non-hydrogen) atoms. The molecule has 1 N–H and O–H groups in total. The summed E-state index contributed by atoms with van der Waals surface area (Å²) in [6.07, 6.45) is 14.0. The molecule has 0 saturated heterocycles. The van der Waals surface area contributed by atoms with Crippen LogP contribution in [0.1, 0.15) is 91.9 Å². The lowest BCUT2D eigenvalue weighted by Gasteiger charge is -2.37. The van der Waals surface area contributed by atoms with Gasteiger partial charge in [-0.2, -0.15) is 0 Å². The van der Waals surface area contributed by atoms with Crippen LogP contribution >= 0.6 is 0 Å². The van der Waals surface area contributed by atoms with Gasteiger partial charge in [-0.3, -0.25) is 0 Å². The number of rotatable bonds is 8. The van der Waals surface area contributed by atoms with Crippen molar-refractivity contribution in [3.8, 4) is 0 Å². The van der Waals surface area contributed by atoms with Crippen molar-refractivity contribution in [2.24, 2.45) is 5.41 Å². The van der Waals surface area contributed by atoms with Gasteiger partial charge in [0.2, 0.25) is 0 Å². The molecular weight excluding hydrogens is 218 g/mol. The van der Waals surface area contributed by atoms with Crippen LogP contribution in [0.4, 0.5) is 0 Å². The highest BCUT2D eigenvalue weighted by atomic mass is 14.9. The minimum absolute atomic E-state index is 0.566. The molecule has 0 aromatic heterocycles. The minimum atomic E-state index is 0.566. The molecule has 1 aliphatic rings. The normalized spacial score (nSPS) is 25.0. The van der Waals surface area contributed by atoms with Gasteiger partial charge in [-0.05, 0) is 38.0 Å². The molecule has 2 unspecified atom stereocenters. The predicted octanol–water partition coefficient (Wildman–Crippen LogP) is 5.29. The molecule has 0 spiro atoms. The summed E-state index contributed by atoms with van der Waals surface area (Å²) in [6, 6.07) is 1.49. The van der Waals surface area contributed by atoms with Crippen LogP contribution in [-0.2, 0) is 0 Å². The SMILES string of the molecule is CCCCCCCC(C)NC1CCCC(C)(C)C1. The van der Waals surface area contributed by atoms with Gasteiger partial charge in [-0.25, -0.2) is 0 Å². The summed E-state index contributed by atoms with van der Waals surface area (Å²) in [7, 11) is 0. The molecule has 1 rings (SSSR count). The zero-order chi connectivity index (χ0) is 13.4. The van der Waals surface area contributed by atoms with Crippen LogP contribution in [0.2, 0.25) is 0 Å². The summed E-state index contributed by atoms with van der Waals surface area (Å²) < 4.78 is 0. The maximum Gasteiger partial charge on any atom is 0.00746 e.